The van der Waals surface area contributed by atoms with Crippen molar-refractivity contribution < 1.29 is 9.53 Å². The Morgan fingerprint density at radius 2 is 1.95 bits per heavy atom. The number of nitrogens with one attached hydrogen (secondary N) is 2. The molecular weight excluding hydrogens is 258 g/mol. The van der Waals surface area contributed by atoms with E-state index in [1.54, 1.807) is 6.07 Å². The molecule has 2 rings (SSSR count). The molecule has 1 aromatic heterocycles. The first-order chi connectivity index (χ1) is 9.79. The molecule has 0 saturated carbocycles. The largest absolute Gasteiger partial charge is 0.492 e. The van der Waals surface area contributed by atoms with Crippen molar-refractivity contribution in [3.8, 4) is 5.75 Å². The zero-order valence-corrected chi connectivity index (χ0v) is 10.7. The van der Waals surface area contributed by atoms with E-state index in [9.17, 15) is 4.79 Å². The van der Waals surface area contributed by atoms with Crippen LogP contribution in [0.15, 0.2) is 42.5 Å². The van der Waals surface area contributed by atoms with Crippen LogP contribution < -0.4 is 21.3 Å². The standard InChI is InChI=1S/C13H15N5O2/c14-16-12-7-6-11(17-18-12)13(19)15-8-9-20-10-4-2-1-3-5-10/h1-7H,8-9,14H2,(H,15,19)(H,16,18). The number of carbonyl (C=O) groups is 1. The summed E-state index contributed by atoms with van der Waals surface area (Å²) in [5.74, 6) is 6.01. The summed E-state index contributed by atoms with van der Waals surface area (Å²) in [7, 11) is 0. The molecular formula is C13H15N5O2. The van der Waals surface area contributed by atoms with Gasteiger partial charge in [0.25, 0.3) is 5.91 Å². The molecule has 4 N–H and O–H groups in total. The normalized spacial score (nSPS) is 9.85. The van der Waals surface area contributed by atoms with Crippen LogP contribution in [0.3, 0.4) is 0 Å². The van der Waals surface area contributed by atoms with Crippen LogP contribution in [0.1, 0.15) is 10.5 Å². The number of nitrogens with zero attached hydrogens (tertiary/aromatic N) is 2. The van der Waals surface area contributed by atoms with Crippen molar-refractivity contribution in [3.63, 3.8) is 0 Å². The molecule has 1 aromatic carbocycles. The lowest BCUT2D eigenvalue weighted by Crippen LogP contribution is -2.29. The quantitative estimate of drug-likeness (QED) is 0.404. The average Bonchev–Trinajstić information content (AvgIpc) is 2.52. The summed E-state index contributed by atoms with van der Waals surface area (Å²) in [6, 6.07) is 12.5. The van der Waals surface area contributed by atoms with Crippen molar-refractivity contribution in [1.29, 1.82) is 0 Å². The van der Waals surface area contributed by atoms with E-state index in [0.29, 0.717) is 19.0 Å². The fourth-order valence-corrected chi connectivity index (χ4v) is 1.47. The molecule has 0 radical (unpaired) electrons. The van der Waals surface area contributed by atoms with Gasteiger partial charge in [-0.25, -0.2) is 5.84 Å². The predicted molar refractivity (Wildman–Crippen MR) is 74.1 cm³/mol. The zero-order valence-electron chi connectivity index (χ0n) is 10.7. The van der Waals surface area contributed by atoms with Gasteiger partial charge in [-0.3, -0.25) is 4.79 Å². The van der Waals surface area contributed by atoms with Crippen molar-refractivity contribution >= 4 is 11.7 Å². The molecule has 104 valence electrons. The molecule has 7 heteroatoms. The minimum Gasteiger partial charge on any atom is -0.492 e. The van der Waals surface area contributed by atoms with Crippen LogP contribution in [0.25, 0.3) is 0 Å². The highest BCUT2D eigenvalue weighted by Gasteiger charge is 2.07. The third-order valence-corrected chi connectivity index (χ3v) is 2.44. The number of rotatable bonds is 6. The van der Waals surface area contributed by atoms with Crippen molar-refractivity contribution in [2.75, 3.05) is 18.6 Å². The van der Waals surface area contributed by atoms with E-state index in [-0.39, 0.29) is 11.6 Å². The topological polar surface area (TPSA) is 102 Å². The van der Waals surface area contributed by atoms with Crippen molar-refractivity contribution in [2.24, 2.45) is 5.84 Å². The summed E-state index contributed by atoms with van der Waals surface area (Å²) in [5.41, 5.74) is 2.56. The van der Waals surface area contributed by atoms with Crippen molar-refractivity contribution in [3.05, 3.63) is 48.2 Å². The second-order valence-electron chi connectivity index (χ2n) is 3.87. The molecule has 0 saturated heterocycles. The van der Waals surface area contributed by atoms with Gasteiger partial charge in [0.15, 0.2) is 11.5 Å². The Morgan fingerprint density at radius 3 is 2.60 bits per heavy atom. The number of nitrogens with two attached hydrogens (primary N) is 1. The maximum atomic E-state index is 11.7. The number of hydrazine groups is 1. The van der Waals surface area contributed by atoms with Crippen LogP contribution in [0, 0.1) is 0 Å². The van der Waals surface area contributed by atoms with E-state index in [0.717, 1.165) is 5.75 Å². The van der Waals surface area contributed by atoms with Crippen molar-refractivity contribution in [1.82, 2.24) is 15.5 Å². The van der Waals surface area contributed by atoms with Gasteiger partial charge in [-0.15, -0.1) is 10.2 Å². The first-order valence-corrected chi connectivity index (χ1v) is 6.06. The zero-order chi connectivity index (χ0) is 14.2. The van der Waals surface area contributed by atoms with Crippen LogP contribution in [0.4, 0.5) is 5.82 Å². The summed E-state index contributed by atoms with van der Waals surface area (Å²) in [4.78, 5) is 11.7. The minimum absolute atomic E-state index is 0.226. The highest BCUT2D eigenvalue weighted by atomic mass is 16.5. The number of hydrogen-bond acceptors (Lipinski definition) is 6. The monoisotopic (exact) mass is 273 g/mol. The van der Waals surface area contributed by atoms with Crippen LogP contribution in [0.2, 0.25) is 0 Å². The number of amides is 1. The van der Waals surface area contributed by atoms with E-state index in [1.165, 1.54) is 6.07 Å². The molecule has 0 aliphatic heterocycles. The van der Waals surface area contributed by atoms with Gasteiger partial charge in [-0.1, -0.05) is 18.2 Å². The van der Waals surface area contributed by atoms with Gasteiger partial charge < -0.3 is 15.5 Å². The van der Waals surface area contributed by atoms with E-state index in [4.69, 9.17) is 10.6 Å². The number of nitrogen functional groups attached to an aromatic ring is 1. The van der Waals surface area contributed by atoms with Crippen LogP contribution in [0.5, 0.6) is 5.75 Å². The number of ether oxygens (including phenoxy) is 1. The summed E-state index contributed by atoms with van der Waals surface area (Å²) < 4.78 is 5.45. The molecule has 0 atom stereocenters. The first kappa shape index (κ1) is 13.8. The summed E-state index contributed by atoms with van der Waals surface area (Å²) >= 11 is 0. The SMILES string of the molecule is NNc1ccc(C(=O)NCCOc2ccccc2)nn1. The molecule has 0 aliphatic rings. The third kappa shape index (κ3) is 3.92. The third-order valence-electron chi connectivity index (χ3n) is 2.44. The van der Waals surface area contributed by atoms with Gasteiger partial charge >= 0.3 is 0 Å². The van der Waals surface area contributed by atoms with E-state index >= 15 is 0 Å². The Bertz CT molecular complexity index is 544. The summed E-state index contributed by atoms with van der Waals surface area (Å²) in [5, 5.41) is 10.1. The lowest BCUT2D eigenvalue weighted by Gasteiger charge is -2.07. The van der Waals surface area contributed by atoms with E-state index in [1.807, 2.05) is 30.3 Å². The molecule has 7 nitrogen and oxygen atoms in total. The number of benzene rings is 1. The molecule has 0 aliphatic carbocycles. The Labute approximate surface area is 116 Å². The highest BCUT2D eigenvalue weighted by Crippen LogP contribution is 2.07. The molecule has 1 heterocycles. The summed E-state index contributed by atoms with van der Waals surface area (Å²) in [6.07, 6.45) is 0. The van der Waals surface area contributed by atoms with Crippen molar-refractivity contribution in [2.45, 2.75) is 0 Å². The fourth-order valence-electron chi connectivity index (χ4n) is 1.47. The molecule has 0 fully saturated rings. The average molecular weight is 273 g/mol. The fraction of sp³-hybridized carbons (Fsp3) is 0.154. The Balaban J connectivity index is 1.74. The number of anilines is 1. The Morgan fingerprint density at radius 1 is 1.15 bits per heavy atom. The number of hydrogen-bond donors (Lipinski definition) is 3. The number of para-hydroxylation sites is 1. The first-order valence-electron chi connectivity index (χ1n) is 6.06. The molecule has 0 bridgehead atoms. The Kier molecular flexibility index (Phi) is 4.85. The van der Waals surface area contributed by atoms with Gasteiger partial charge in [0, 0.05) is 0 Å². The van der Waals surface area contributed by atoms with Gasteiger partial charge in [0.1, 0.15) is 12.4 Å². The van der Waals surface area contributed by atoms with E-state index < -0.39 is 0 Å². The molecule has 1 amide bonds. The predicted octanol–water partition coefficient (Wildman–Crippen LogP) is 0.571. The summed E-state index contributed by atoms with van der Waals surface area (Å²) in [6.45, 7) is 0.762. The van der Waals surface area contributed by atoms with Crippen LogP contribution in [-0.4, -0.2) is 29.3 Å². The molecule has 0 spiro atoms. The molecule has 0 unspecified atom stereocenters. The van der Waals surface area contributed by atoms with Crippen LogP contribution >= 0.6 is 0 Å². The van der Waals surface area contributed by atoms with Gasteiger partial charge in [0.05, 0.1) is 6.54 Å². The second-order valence-corrected chi connectivity index (χ2v) is 3.87. The molecule has 2 aromatic rings. The van der Waals surface area contributed by atoms with Gasteiger partial charge in [-0.2, -0.15) is 0 Å². The number of aromatic nitrogens is 2. The van der Waals surface area contributed by atoms with E-state index in [2.05, 4.69) is 20.9 Å². The smallest absolute Gasteiger partial charge is 0.271 e. The lowest BCUT2D eigenvalue weighted by atomic mass is 10.3. The Hall–Kier alpha value is -2.67. The number of carbonyl (C=O) groups excluding carboxylic acids is 1. The van der Waals surface area contributed by atoms with Gasteiger partial charge in [-0.05, 0) is 24.3 Å². The van der Waals surface area contributed by atoms with Crippen LogP contribution in [-0.2, 0) is 0 Å². The minimum atomic E-state index is -0.308. The maximum absolute atomic E-state index is 11.7. The maximum Gasteiger partial charge on any atom is 0.271 e. The highest BCUT2D eigenvalue weighted by molar-refractivity contribution is 5.92. The molecule has 20 heavy (non-hydrogen) atoms. The lowest BCUT2D eigenvalue weighted by molar-refractivity contribution is 0.0941. The van der Waals surface area contributed by atoms with Gasteiger partial charge in [0.2, 0.25) is 0 Å². The second kappa shape index (κ2) is 7.05.